The molecule has 0 atom stereocenters. The molecule has 0 nitrogen and oxygen atoms in total. The third kappa shape index (κ3) is 2.99. The minimum atomic E-state index is -3.73. The Bertz CT molecular complexity index is 132. The van der Waals surface area contributed by atoms with Crippen LogP contribution < -0.4 is 0 Å². The molecule has 0 saturated carbocycles. The smallest absolute Gasteiger partial charge is 0.198 e. The molecule has 0 spiro atoms. The average Bonchev–Trinajstić information content (AvgIpc) is 1.58. The lowest BCUT2D eigenvalue weighted by atomic mass is 10.4. The SMILES string of the molecule is FC(F)(C(Cl)(Cl)Br)C(Cl)(Cl)Br. The van der Waals surface area contributed by atoms with E-state index in [9.17, 15) is 8.78 Å². The quantitative estimate of drug-likeness (QED) is 0.615. The summed E-state index contributed by atoms with van der Waals surface area (Å²) in [5, 5.41) is 0. The van der Waals surface area contributed by atoms with E-state index in [1.807, 2.05) is 0 Å². The molecule has 0 fully saturated rings. The first-order chi connectivity index (χ1) is 4.50. The van der Waals surface area contributed by atoms with Crippen LogP contribution in [0.2, 0.25) is 0 Å². The number of halogens is 8. The van der Waals surface area contributed by atoms with Gasteiger partial charge in [-0.05, 0) is 31.9 Å². The van der Waals surface area contributed by atoms with Gasteiger partial charge in [0.05, 0.1) is 0 Å². The Kier molecular flexibility index (Phi) is 4.27. The maximum Gasteiger partial charge on any atom is 0.332 e. The summed E-state index contributed by atoms with van der Waals surface area (Å²) in [6, 6.07) is 0. The minimum Gasteiger partial charge on any atom is -0.198 e. The highest BCUT2D eigenvalue weighted by Gasteiger charge is 2.63. The van der Waals surface area contributed by atoms with Crippen LogP contribution in [-0.2, 0) is 0 Å². The molecule has 0 aromatic carbocycles. The van der Waals surface area contributed by atoms with Gasteiger partial charge in [0.1, 0.15) is 0 Å². The lowest BCUT2D eigenvalue weighted by molar-refractivity contribution is 0.0170. The Balaban J connectivity index is 4.75. The van der Waals surface area contributed by atoms with Crippen LogP contribution in [0.5, 0.6) is 0 Å². The molecule has 0 aliphatic heterocycles. The van der Waals surface area contributed by atoms with Gasteiger partial charge >= 0.3 is 5.92 Å². The van der Waals surface area contributed by atoms with Crippen LogP contribution in [0.3, 0.4) is 0 Å². The highest BCUT2D eigenvalue weighted by atomic mass is 79.9. The van der Waals surface area contributed by atoms with Crippen molar-refractivity contribution in [1.29, 1.82) is 0 Å². The van der Waals surface area contributed by atoms with Gasteiger partial charge in [-0.2, -0.15) is 8.78 Å². The third-order valence-electron chi connectivity index (χ3n) is 0.712. The van der Waals surface area contributed by atoms with Gasteiger partial charge in [0.2, 0.25) is 6.49 Å². The molecule has 0 heterocycles. The van der Waals surface area contributed by atoms with E-state index in [1.54, 1.807) is 0 Å². The number of alkyl halides is 8. The van der Waals surface area contributed by atoms with Crippen molar-refractivity contribution in [2.45, 2.75) is 12.4 Å². The summed E-state index contributed by atoms with van der Waals surface area (Å²) in [6.45, 7) is 0. The van der Waals surface area contributed by atoms with Crippen LogP contribution in [0.4, 0.5) is 8.78 Å². The third-order valence-corrected chi connectivity index (χ3v) is 2.66. The van der Waals surface area contributed by atoms with Crippen LogP contribution in [0.15, 0.2) is 0 Å². The Labute approximate surface area is 98.7 Å². The maximum absolute atomic E-state index is 12.8. The Morgan fingerprint density at radius 2 is 1.00 bits per heavy atom. The second kappa shape index (κ2) is 3.62. The molecule has 0 aliphatic carbocycles. The first-order valence-corrected chi connectivity index (χ1v) is 5.11. The molecule has 0 unspecified atom stereocenters. The molecule has 0 aromatic heterocycles. The van der Waals surface area contributed by atoms with E-state index >= 15 is 0 Å². The second-order valence-corrected chi connectivity index (χ2v) is 8.43. The van der Waals surface area contributed by atoms with Gasteiger partial charge < -0.3 is 0 Å². The highest BCUT2D eigenvalue weighted by Crippen LogP contribution is 2.56. The van der Waals surface area contributed by atoms with Crippen LogP contribution >= 0.6 is 78.3 Å². The first kappa shape index (κ1) is 13.0. The number of hydrogen-bond acceptors (Lipinski definition) is 0. The van der Waals surface area contributed by atoms with Crippen LogP contribution in [0.25, 0.3) is 0 Å². The second-order valence-electron chi connectivity index (χ2n) is 1.57. The fraction of sp³-hybridized carbons (Fsp3) is 1.00. The maximum atomic E-state index is 12.8. The van der Waals surface area contributed by atoms with Crippen molar-refractivity contribution in [3.63, 3.8) is 0 Å². The van der Waals surface area contributed by atoms with E-state index < -0.39 is 12.4 Å². The summed E-state index contributed by atoms with van der Waals surface area (Å²) < 4.78 is 20.6. The fourth-order valence-corrected chi connectivity index (χ4v) is 2.24. The monoisotopic (exact) mass is 372 g/mol. The molecule has 0 aliphatic rings. The number of rotatable bonds is 2. The zero-order valence-corrected chi connectivity index (χ0v) is 10.7. The normalized spacial score (nSPS) is 15.3. The molecule has 0 aromatic rings. The van der Waals surface area contributed by atoms with Crippen molar-refractivity contribution in [3.05, 3.63) is 0 Å². The molecule has 0 rings (SSSR count). The zero-order valence-electron chi connectivity index (χ0n) is 4.52. The molecule has 0 radical (unpaired) electrons. The van der Waals surface area contributed by atoms with E-state index in [4.69, 9.17) is 46.4 Å². The standard InChI is InChI=1S/C3Br2Cl4F2/c4-2(6,7)1(10,11)3(5,8)9. The summed E-state index contributed by atoms with van der Waals surface area (Å²) in [5.41, 5.74) is 0. The molecule has 11 heavy (non-hydrogen) atoms. The van der Waals surface area contributed by atoms with Crippen molar-refractivity contribution in [1.82, 2.24) is 0 Å². The molecular weight excluding hydrogens is 376 g/mol. The summed E-state index contributed by atoms with van der Waals surface area (Å²) in [5.74, 6) is -3.73. The van der Waals surface area contributed by atoms with Gasteiger partial charge in [-0.1, -0.05) is 46.4 Å². The molecule has 0 saturated heterocycles. The molecule has 68 valence electrons. The summed E-state index contributed by atoms with van der Waals surface area (Å²) >= 11 is 24.8. The van der Waals surface area contributed by atoms with Crippen molar-refractivity contribution in [2.75, 3.05) is 0 Å². The van der Waals surface area contributed by atoms with Crippen LogP contribution in [0.1, 0.15) is 0 Å². The largest absolute Gasteiger partial charge is 0.332 e. The van der Waals surface area contributed by atoms with E-state index in [2.05, 4.69) is 31.9 Å². The van der Waals surface area contributed by atoms with Gasteiger partial charge in [0.25, 0.3) is 0 Å². The lowest BCUT2D eigenvalue weighted by Gasteiger charge is -2.30. The Morgan fingerprint density at radius 3 is 1.00 bits per heavy atom. The van der Waals surface area contributed by atoms with Crippen LogP contribution in [-0.4, -0.2) is 12.4 Å². The molecular formula is C3Br2Cl4F2. The minimum absolute atomic E-state index is 2.32. The molecule has 0 N–H and O–H groups in total. The van der Waals surface area contributed by atoms with E-state index in [1.165, 1.54) is 0 Å². The van der Waals surface area contributed by atoms with Crippen molar-refractivity contribution < 1.29 is 8.78 Å². The predicted molar refractivity (Wildman–Crippen MR) is 51.7 cm³/mol. The van der Waals surface area contributed by atoms with Gasteiger partial charge in [-0.3, -0.25) is 0 Å². The van der Waals surface area contributed by atoms with Crippen molar-refractivity contribution in [2.24, 2.45) is 0 Å². The first-order valence-electron chi connectivity index (χ1n) is 2.01. The van der Waals surface area contributed by atoms with E-state index in [-0.39, 0.29) is 0 Å². The summed E-state index contributed by atoms with van der Waals surface area (Å²) in [6.07, 6.45) is 0. The van der Waals surface area contributed by atoms with Crippen molar-refractivity contribution >= 4 is 78.3 Å². The average molecular weight is 376 g/mol. The Morgan fingerprint density at radius 1 is 0.818 bits per heavy atom. The van der Waals surface area contributed by atoms with Crippen molar-refractivity contribution in [3.8, 4) is 0 Å². The topological polar surface area (TPSA) is 0 Å². The van der Waals surface area contributed by atoms with Gasteiger partial charge in [0.15, 0.2) is 0 Å². The zero-order chi connectivity index (χ0) is 9.50. The molecule has 8 heteroatoms. The predicted octanol–water partition coefficient (Wildman–Crippen LogP) is 4.67. The highest BCUT2D eigenvalue weighted by molar-refractivity contribution is 9.11. The van der Waals surface area contributed by atoms with Gasteiger partial charge in [-0.25, -0.2) is 0 Å². The van der Waals surface area contributed by atoms with E-state index in [0.717, 1.165) is 0 Å². The van der Waals surface area contributed by atoms with Gasteiger partial charge in [0, 0.05) is 0 Å². The number of hydrogen-bond donors (Lipinski definition) is 0. The summed E-state index contributed by atoms with van der Waals surface area (Å²) in [4.78, 5) is 0. The van der Waals surface area contributed by atoms with Gasteiger partial charge in [-0.15, -0.1) is 0 Å². The van der Waals surface area contributed by atoms with Crippen LogP contribution in [0, 0.1) is 0 Å². The molecule has 0 amide bonds. The lowest BCUT2D eigenvalue weighted by Crippen LogP contribution is -2.44. The Hall–Kier alpha value is 1.98. The summed E-state index contributed by atoms with van der Waals surface area (Å²) in [7, 11) is 0. The van der Waals surface area contributed by atoms with E-state index in [0.29, 0.717) is 0 Å². The fourth-order valence-electron chi connectivity index (χ4n) is 0.161. The molecule has 0 bridgehead atoms.